The lowest BCUT2D eigenvalue weighted by Crippen LogP contribution is -2.10. The Hall–Kier alpha value is -3.81. The van der Waals surface area contributed by atoms with Gasteiger partial charge in [0.2, 0.25) is 0 Å². The van der Waals surface area contributed by atoms with Crippen LogP contribution >= 0.6 is 0 Å². The summed E-state index contributed by atoms with van der Waals surface area (Å²) in [4.78, 5) is 26.0. The van der Waals surface area contributed by atoms with Crippen molar-refractivity contribution < 1.29 is 4.79 Å². The molecular weight excluding hydrogens is 390 g/mol. The van der Waals surface area contributed by atoms with Gasteiger partial charge < -0.3 is 10.3 Å². The molecule has 0 unspecified atom stereocenters. The molecule has 160 valence electrons. The van der Waals surface area contributed by atoms with Crippen LogP contribution in [0.15, 0.2) is 54.9 Å². The summed E-state index contributed by atoms with van der Waals surface area (Å²) in [5, 5.41) is 6.88. The van der Waals surface area contributed by atoms with Crippen molar-refractivity contribution in [2.24, 2.45) is 5.73 Å². The number of hydrogen-bond acceptors (Lipinski definition) is 6. The molecule has 0 amide bonds. The van der Waals surface area contributed by atoms with Crippen LogP contribution in [0.4, 0.5) is 0 Å². The SMILES string of the molecule is CC.CC(=O)/C(=C(/C)N)c1cnc2c(-c3cn[nH]c3)cn([C@H](C)c3ccccn3)c2n1. The zero-order chi connectivity index (χ0) is 22.5. The van der Waals surface area contributed by atoms with Crippen LogP contribution < -0.4 is 5.73 Å². The molecule has 0 saturated carbocycles. The Morgan fingerprint density at radius 1 is 1.16 bits per heavy atom. The molecule has 0 spiro atoms. The second kappa shape index (κ2) is 9.34. The van der Waals surface area contributed by atoms with Crippen molar-refractivity contribution in [2.45, 2.75) is 40.7 Å². The van der Waals surface area contributed by atoms with E-state index in [4.69, 9.17) is 10.7 Å². The van der Waals surface area contributed by atoms with Gasteiger partial charge in [0.05, 0.1) is 35.4 Å². The summed E-state index contributed by atoms with van der Waals surface area (Å²) in [7, 11) is 0. The number of aromatic amines is 1. The number of pyridine rings is 1. The number of allylic oxidation sites excluding steroid dienone is 2. The molecule has 8 heteroatoms. The molecule has 0 aliphatic carbocycles. The van der Waals surface area contributed by atoms with Crippen LogP contribution in [0.5, 0.6) is 0 Å². The summed E-state index contributed by atoms with van der Waals surface area (Å²) >= 11 is 0. The van der Waals surface area contributed by atoms with Gasteiger partial charge in [-0.15, -0.1) is 0 Å². The number of fused-ring (bicyclic) bond motifs is 1. The van der Waals surface area contributed by atoms with E-state index in [1.54, 1.807) is 25.5 Å². The molecule has 0 radical (unpaired) electrons. The maximum absolute atomic E-state index is 12.1. The Balaban J connectivity index is 0.00000132. The monoisotopic (exact) mass is 417 g/mol. The van der Waals surface area contributed by atoms with Gasteiger partial charge in [-0.2, -0.15) is 5.10 Å². The van der Waals surface area contributed by atoms with E-state index < -0.39 is 0 Å². The molecule has 0 bridgehead atoms. The minimum absolute atomic E-state index is 0.0902. The second-order valence-electron chi connectivity index (χ2n) is 6.91. The Kier molecular flexibility index (Phi) is 6.59. The van der Waals surface area contributed by atoms with Gasteiger partial charge in [0.25, 0.3) is 0 Å². The van der Waals surface area contributed by atoms with Crippen molar-refractivity contribution >= 4 is 22.5 Å². The number of rotatable bonds is 5. The smallest absolute Gasteiger partial charge is 0.163 e. The quantitative estimate of drug-likeness (QED) is 0.472. The van der Waals surface area contributed by atoms with E-state index in [9.17, 15) is 4.79 Å². The van der Waals surface area contributed by atoms with E-state index in [1.807, 2.05) is 55.9 Å². The molecule has 3 N–H and O–H groups in total. The van der Waals surface area contributed by atoms with E-state index in [0.717, 1.165) is 22.3 Å². The number of carbonyl (C=O) groups is 1. The van der Waals surface area contributed by atoms with Crippen LogP contribution in [0.2, 0.25) is 0 Å². The van der Waals surface area contributed by atoms with Crippen molar-refractivity contribution in [3.8, 4) is 11.1 Å². The van der Waals surface area contributed by atoms with Crippen LogP contribution in [0.3, 0.4) is 0 Å². The van der Waals surface area contributed by atoms with Crippen LogP contribution in [0.1, 0.15) is 52.0 Å². The van der Waals surface area contributed by atoms with Gasteiger partial charge in [-0.25, -0.2) is 9.97 Å². The lowest BCUT2D eigenvalue weighted by Gasteiger charge is -2.14. The maximum Gasteiger partial charge on any atom is 0.163 e. The molecule has 0 aliphatic rings. The first-order valence-electron chi connectivity index (χ1n) is 10.2. The average Bonchev–Trinajstić information content (AvgIpc) is 3.42. The van der Waals surface area contributed by atoms with Crippen LogP contribution in [-0.2, 0) is 4.79 Å². The third kappa shape index (κ3) is 4.23. The topological polar surface area (TPSA) is 115 Å². The molecule has 4 aromatic heterocycles. The lowest BCUT2D eigenvalue weighted by atomic mass is 10.1. The van der Waals surface area contributed by atoms with Gasteiger partial charge in [-0.1, -0.05) is 19.9 Å². The van der Waals surface area contributed by atoms with E-state index >= 15 is 0 Å². The molecule has 31 heavy (non-hydrogen) atoms. The zero-order valence-electron chi connectivity index (χ0n) is 18.4. The van der Waals surface area contributed by atoms with Crippen LogP contribution in [0, 0.1) is 0 Å². The molecule has 0 saturated heterocycles. The van der Waals surface area contributed by atoms with Crippen molar-refractivity contribution in [2.75, 3.05) is 0 Å². The van der Waals surface area contributed by atoms with Crippen molar-refractivity contribution in [1.82, 2.24) is 29.7 Å². The number of ketones is 1. The molecule has 8 nitrogen and oxygen atoms in total. The van der Waals surface area contributed by atoms with Crippen LogP contribution in [0.25, 0.3) is 27.9 Å². The highest BCUT2D eigenvalue weighted by Gasteiger charge is 2.21. The fourth-order valence-electron chi connectivity index (χ4n) is 3.46. The predicted octanol–water partition coefficient (Wildman–Crippen LogP) is 4.13. The summed E-state index contributed by atoms with van der Waals surface area (Å²) in [6, 6.07) is 5.71. The van der Waals surface area contributed by atoms with Gasteiger partial charge in [0, 0.05) is 35.4 Å². The molecule has 4 rings (SSSR count). The Labute approximate surface area is 181 Å². The largest absolute Gasteiger partial charge is 0.402 e. The Bertz CT molecular complexity index is 1200. The highest BCUT2D eigenvalue weighted by Crippen LogP contribution is 2.32. The summed E-state index contributed by atoms with van der Waals surface area (Å²) in [6.07, 6.45) is 8.90. The summed E-state index contributed by atoms with van der Waals surface area (Å²) in [5.41, 5.74) is 11.3. The Morgan fingerprint density at radius 2 is 1.94 bits per heavy atom. The molecule has 0 aromatic carbocycles. The summed E-state index contributed by atoms with van der Waals surface area (Å²) < 4.78 is 2.01. The van der Waals surface area contributed by atoms with Crippen molar-refractivity contribution in [1.29, 1.82) is 0 Å². The molecule has 0 fully saturated rings. The number of Topliss-reactive ketones (excluding diaryl/α,β-unsaturated/α-hetero) is 1. The molecule has 1 atom stereocenters. The minimum Gasteiger partial charge on any atom is -0.402 e. The second-order valence-corrected chi connectivity index (χ2v) is 6.91. The summed E-state index contributed by atoms with van der Waals surface area (Å²) in [5.74, 6) is -0.149. The van der Waals surface area contributed by atoms with E-state index in [-0.39, 0.29) is 11.8 Å². The standard InChI is InChI=1S/C21H21N7O.C2H6/c1-12(22)19(14(3)29)18-10-24-20-16(15-8-25-26-9-15)11-28(21(20)27-18)13(2)17-6-4-5-7-23-17;1-2/h4-11,13H,22H2,1-3H3,(H,25,26);1-2H3/b19-12+;/t13-;/m1./s1. The van der Waals surface area contributed by atoms with E-state index in [2.05, 4.69) is 20.2 Å². The first kappa shape index (κ1) is 21.9. The highest BCUT2D eigenvalue weighted by molar-refractivity contribution is 6.19. The minimum atomic E-state index is -0.149. The number of aromatic nitrogens is 6. The average molecular weight is 418 g/mol. The van der Waals surface area contributed by atoms with Gasteiger partial charge in [-0.05, 0) is 32.9 Å². The summed E-state index contributed by atoms with van der Waals surface area (Å²) in [6.45, 7) is 9.21. The fraction of sp³-hybridized carbons (Fsp3) is 0.261. The predicted molar refractivity (Wildman–Crippen MR) is 122 cm³/mol. The number of hydrogen-bond donors (Lipinski definition) is 2. The molecular formula is C23H27N7O. The van der Waals surface area contributed by atoms with Crippen LogP contribution in [-0.4, -0.2) is 35.5 Å². The third-order valence-corrected chi connectivity index (χ3v) is 4.87. The number of carbonyl (C=O) groups excluding carboxylic acids is 1. The number of H-pyrrole nitrogens is 1. The maximum atomic E-state index is 12.1. The van der Waals surface area contributed by atoms with Gasteiger partial charge in [0.1, 0.15) is 5.52 Å². The third-order valence-electron chi connectivity index (χ3n) is 4.87. The van der Waals surface area contributed by atoms with Crippen molar-refractivity contribution in [3.63, 3.8) is 0 Å². The first-order valence-corrected chi connectivity index (χ1v) is 10.2. The van der Waals surface area contributed by atoms with E-state index in [1.165, 1.54) is 6.92 Å². The zero-order valence-corrected chi connectivity index (χ0v) is 18.4. The first-order chi connectivity index (χ1) is 15.0. The Morgan fingerprint density at radius 3 is 2.52 bits per heavy atom. The van der Waals surface area contributed by atoms with Gasteiger partial charge in [0.15, 0.2) is 11.4 Å². The van der Waals surface area contributed by atoms with Crippen molar-refractivity contribution in [3.05, 3.63) is 66.3 Å². The number of nitrogens with two attached hydrogens (primary N) is 1. The molecule has 4 heterocycles. The van der Waals surface area contributed by atoms with Gasteiger partial charge >= 0.3 is 0 Å². The highest BCUT2D eigenvalue weighted by atomic mass is 16.1. The van der Waals surface area contributed by atoms with E-state index in [0.29, 0.717) is 22.6 Å². The molecule has 4 aromatic rings. The fourth-order valence-corrected chi connectivity index (χ4v) is 3.46. The lowest BCUT2D eigenvalue weighted by molar-refractivity contribution is -0.111. The molecule has 0 aliphatic heterocycles. The number of nitrogens with zero attached hydrogens (tertiary/aromatic N) is 5. The number of nitrogens with one attached hydrogen (secondary N) is 1. The normalized spacial score (nSPS) is 12.7. The van der Waals surface area contributed by atoms with Gasteiger partial charge in [-0.3, -0.25) is 14.9 Å².